The second-order valence-corrected chi connectivity index (χ2v) is 5.19. The van der Waals surface area contributed by atoms with Crippen LogP contribution in [0.3, 0.4) is 0 Å². The van der Waals surface area contributed by atoms with Gasteiger partial charge in [0.15, 0.2) is 0 Å². The number of hydrogen-bond acceptors (Lipinski definition) is 4. The minimum atomic E-state index is -0.416. The summed E-state index contributed by atoms with van der Waals surface area (Å²) in [5.41, 5.74) is 7.38. The molecule has 0 spiro atoms. The summed E-state index contributed by atoms with van der Waals surface area (Å²) >= 11 is 0. The normalized spacial score (nSPS) is 24.0. The van der Waals surface area contributed by atoms with Crippen LogP contribution in [-0.4, -0.2) is 18.0 Å². The van der Waals surface area contributed by atoms with E-state index in [-0.39, 0.29) is 5.69 Å². The molecule has 0 saturated carbocycles. The summed E-state index contributed by atoms with van der Waals surface area (Å²) in [7, 11) is 0. The largest absolute Gasteiger partial charge is 0.397 e. The van der Waals surface area contributed by atoms with Gasteiger partial charge in [0, 0.05) is 25.2 Å². The van der Waals surface area contributed by atoms with Gasteiger partial charge >= 0.3 is 0 Å². The highest BCUT2D eigenvalue weighted by Gasteiger charge is 2.24. The van der Waals surface area contributed by atoms with Crippen LogP contribution in [0.5, 0.6) is 0 Å². The highest BCUT2D eigenvalue weighted by atomic mass is 16.6. The number of nitrogens with two attached hydrogens (primary N) is 1. The van der Waals surface area contributed by atoms with Crippen molar-refractivity contribution >= 4 is 17.1 Å². The van der Waals surface area contributed by atoms with Crippen LogP contribution in [0, 0.1) is 22.0 Å². The third-order valence-corrected chi connectivity index (χ3v) is 3.90. The molecule has 1 aromatic carbocycles. The SMILES string of the molecule is CC1CCN(c2ccc([N+](=O)[O-])cc2N)CC1C. The number of benzene rings is 1. The third kappa shape index (κ3) is 2.39. The van der Waals surface area contributed by atoms with Crippen molar-refractivity contribution < 1.29 is 4.92 Å². The Morgan fingerprint density at radius 1 is 1.39 bits per heavy atom. The molecule has 98 valence electrons. The van der Waals surface area contributed by atoms with Crippen molar-refractivity contribution in [3.63, 3.8) is 0 Å². The van der Waals surface area contributed by atoms with E-state index in [4.69, 9.17) is 5.73 Å². The lowest BCUT2D eigenvalue weighted by Crippen LogP contribution is -2.38. The van der Waals surface area contributed by atoms with Crippen molar-refractivity contribution in [3.8, 4) is 0 Å². The first-order valence-corrected chi connectivity index (χ1v) is 6.28. The smallest absolute Gasteiger partial charge is 0.271 e. The van der Waals surface area contributed by atoms with Gasteiger partial charge < -0.3 is 10.6 Å². The molecule has 1 aliphatic rings. The molecule has 1 saturated heterocycles. The molecule has 0 aliphatic carbocycles. The fourth-order valence-electron chi connectivity index (χ4n) is 2.43. The Morgan fingerprint density at radius 3 is 2.67 bits per heavy atom. The first kappa shape index (κ1) is 12.7. The molecule has 0 radical (unpaired) electrons. The molecule has 1 aromatic rings. The summed E-state index contributed by atoms with van der Waals surface area (Å²) < 4.78 is 0. The predicted octanol–water partition coefficient (Wildman–Crippen LogP) is 2.66. The monoisotopic (exact) mass is 249 g/mol. The van der Waals surface area contributed by atoms with Crippen molar-refractivity contribution in [1.29, 1.82) is 0 Å². The van der Waals surface area contributed by atoms with Gasteiger partial charge in [-0.25, -0.2) is 0 Å². The quantitative estimate of drug-likeness (QED) is 0.497. The first-order valence-electron chi connectivity index (χ1n) is 6.28. The Labute approximate surface area is 107 Å². The summed E-state index contributed by atoms with van der Waals surface area (Å²) in [5.74, 6) is 1.34. The summed E-state index contributed by atoms with van der Waals surface area (Å²) in [4.78, 5) is 12.5. The molecule has 2 unspecified atom stereocenters. The van der Waals surface area contributed by atoms with Crippen LogP contribution in [0.25, 0.3) is 0 Å². The number of nitrogens with zero attached hydrogens (tertiary/aromatic N) is 2. The van der Waals surface area contributed by atoms with E-state index in [2.05, 4.69) is 18.7 Å². The zero-order valence-electron chi connectivity index (χ0n) is 10.8. The molecule has 0 amide bonds. The van der Waals surface area contributed by atoms with Crippen LogP contribution < -0.4 is 10.6 Å². The minimum absolute atomic E-state index is 0.0506. The molecule has 5 nitrogen and oxygen atoms in total. The van der Waals surface area contributed by atoms with E-state index in [0.29, 0.717) is 11.6 Å². The van der Waals surface area contributed by atoms with E-state index >= 15 is 0 Å². The summed E-state index contributed by atoms with van der Waals surface area (Å²) in [6.45, 7) is 6.43. The highest BCUT2D eigenvalue weighted by Crippen LogP contribution is 2.32. The maximum absolute atomic E-state index is 10.7. The van der Waals surface area contributed by atoms with E-state index in [0.717, 1.165) is 31.1 Å². The Bertz CT molecular complexity index is 462. The van der Waals surface area contributed by atoms with Gasteiger partial charge in [0.1, 0.15) is 0 Å². The number of nitro benzene ring substituents is 1. The second-order valence-electron chi connectivity index (χ2n) is 5.19. The van der Waals surface area contributed by atoms with Crippen molar-refractivity contribution in [1.82, 2.24) is 0 Å². The molecule has 5 heteroatoms. The van der Waals surface area contributed by atoms with Crippen LogP contribution in [0.1, 0.15) is 20.3 Å². The Balaban J connectivity index is 2.21. The predicted molar refractivity (Wildman–Crippen MR) is 72.7 cm³/mol. The van der Waals surface area contributed by atoms with Crippen LogP contribution in [0.4, 0.5) is 17.1 Å². The van der Waals surface area contributed by atoms with Crippen molar-refractivity contribution in [2.24, 2.45) is 11.8 Å². The Kier molecular flexibility index (Phi) is 3.41. The van der Waals surface area contributed by atoms with E-state index in [9.17, 15) is 10.1 Å². The van der Waals surface area contributed by atoms with Gasteiger partial charge in [0.05, 0.1) is 16.3 Å². The molecular formula is C13H19N3O2. The fourth-order valence-corrected chi connectivity index (χ4v) is 2.43. The number of non-ortho nitro benzene ring substituents is 1. The minimum Gasteiger partial charge on any atom is -0.397 e. The lowest BCUT2D eigenvalue weighted by molar-refractivity contribution is -0.384. The van der Waals surface area contributed by atoms with Gasteiger partial charge in [0.25, 0.3) is 5.69 Å². The molecule has 2 N–H and O–H groups in total. The number of nitrogen functional groups attached to an aromatic ring is 1. The molecule has 0 aromatic heterocycles. The summed E-state index contributed by atoms with van der Waals surface area (Å²) in [5, 5.41) is 10.7. The van der Waals surface area contributed by atoms with Gasteiger partial charge in [-0.3, -0.25) is 10.1 Å². The van der Waals surface area contributed by atoms with Gasteiger partial charge in [0.2, 0.25) is 0 Å². The zero-order chi connectivity index (χ0) is 13.3. The van der Waals surface area contributed by atoms with Crippen molar-refractivity contribution in [3.05, 3.63) is 28.3 Å². The van der Waals surface area contributed by atoms with E-state index < -0.39 is 4.92 Å². The molecule has 2 rings (SSSR count). The molecular weight excluding hydrogens is 230 g/mol. The van der Waals surface area contributed by atoms with Crippen LogP contribution in [0.15, 0.2) is 18.2 Å². The fraction of sp³-hybridized carbons (Fsp3) is 0.538. The molecule has 1 fully saturated rings. The number of piperidine rings is 1. The van der Waals surface area contributed by atoms with Gasteiger partial charge in [-0.05, 0) is 24.3 Å². The third-order valence-electron chi connectivity index (χ3n) is 3.90. The molecule has 18 heavy (non-hydrogen) atoms. The van der Waals surface area contributed by atoms with Gasteiger partial charge in [-0.15, -0.1) is 0 Å². The average Bonchev–Trinajstić information content (AvgIpc) is 2.32. The number of anilines is 2. The number of hydrogen-bond donors (Lipinski definition) is 1. The van der Waals surface area contributed by atoms with Crippen molar-refractivity contribution in [2.75, 3.05) is 23.7 Å². The molecule has 1 heterocycles. The number of rotatable bonds is 2. The Morgan fingerprint density at radius 2 is 2.11 bits per heavy atom. The van der Waals surface area contributed by atoms with Crippen LogP contribution >= 0.6 is 0 Å². The topological polar surface area (TPSA) is 72.4 Å². The first-order chi connectivity index (χ1) is 8.49. The Hall–Kier alpha value is -1.78. The maximum Gasteiger partial charge on any atom is 0.271 e. The zero-order valence-corrected chi connectivity index (χ0v) is 10.8. The molecule has 2 atom stereocenters. The lowest BCUT2D eigenvalue weighted by atomic mass is 9.88. The standard InChI is InChI=1S/C13H19N3O2/c1-9-5-6-15(8-10(9)2)13-4-3-11(16(17)18)7-12(13)14/h3-4,7,9-10H,5-6,8,14H2,1-2H3. The summed E-state index contributed by atoms with van der Waals surface area (Å²) in [6.07, 6.45) is 1.14. The number of nitro groups is 1. The summed E-state index contributed by atoms with van der Waals surface area (Å²) in [6, 6.07) is 4.72. The molecule has 1 aliphatic heterocycles. The highest BCUT2D eigenvalue weighted by molar-refractivity contribution is 5.70. The van der Waals surface area contributed by atoms with E-state index in [1.165, 1.54) is 12.1 Å². The maximum atomic E-state index is 10.7. The van der Waals surface area contributed by atoms with E-state index in [1.54, 1.807) is 6.07 Å². The lowest BCUT2D eigenvalue weighted by Gasteiger charge is -2.37. The van der Waals surface area contributed by atoms with E-state index in [1.807, 2.05) is 0 Å². The second kappa shape index (κ2) is 4.84. The van der Waals surface area contributed by atoms with Crippen LogP contribution in [0.2, 0.25) is 0 Å². The average molecular weight is 249 g/mol. The van der Waals surface area contributed by atoms with Gasteiger partial charge in [-0.2, -0.15) is 0 Å². The molecule has 0 bridgehead atoms. The van der Waals surface area contributed by atoms with Crippen LogP contribution in [-0.2, 0) is 0 Å². The van der Waals surface area contributed by atoms with Gasteiger partial charge in [-0.1, -0.05) is 13.8 Å². The van der Waals surface area contributed by atoms with Crippen molar-refractivity contribution in [2.45, 2.75) is 20.3 Å².